The maximum absolute atomic E-state index is 13.0. The van der Waals surface area contributed by atoms with Crippen molar-refractivity contribution in [2.75, 3.05) is 19.8 Å². The molecule has 0 aliphatic rings. The van der Waals surface area contributed by atoms with Crippen LogP contribution >= 0.6 is 24.0 Å². The summed E-state index contributed by atoms with van der Waals surface area (Å²) in [5.74, 6) is 0.818. The number of ether oxygens (including phenoxy) is 2. The number of hydrogen-bond acceptors (Lipinski definition) is 4. The molecule has 0 bridgehead atoms. The average molecular weight is 432 g/mol. The van der Waals surface area contributed by atoms with Gasteiger partial charge in [-0.1, -0.05) is 23.7 Å². The van der Waals surface area contributed by atoms with Gasteiger partial charge in [-0.15, -0.1) is 12.4 Å². The predicted octanol–water partition coefficient (Wildman–Crippen LogP) is 5.13. The maximum Gasteiger partial charge on any atom is 0.180 e. The van der Waals surface area contributed by atoms with Gasteiger partial charge < -0.3 is 19.9 Å². The van der Waals surface area contributed by atoms with Gasteiger partial charge in [0.15, 0.2) is 11.5 Å². The predicted molar refractivity (Wildman–Crippen MR) is 113 cm³/mol. The molecule has 0 aliphatic carbocycles. The number of halogens is 3. The Balaban J connectivity index is 0.00000392. The summed E-state index contributed by atoms with van der Waals surface area (Å²) >= 11 is 6.42. The molecule has 0 atom stereocenters. The zero-order valence-electron chi connectivity index (χ0n) is 16.0. The normalized spacial score (nSPS) is 10.4. The molecule has 0 fully saturated rings. The Hall–Kier alpha value is -1.53. The van der Waals surface area contributed by atoms with E-state index in [1.807, 2.05) is 19.1 Å². The van der Waals surface area contributed by atoms with E-state index in [-0.39, 0.29) is 31.4 Å². The molecule has 156 valence electrons. The largest absolute Gasteiger partial charge is 0.490 e. The molecule has 0 saturated heterocycles. The van der Waals surface area contributed by atoms with Crippen LogP contribution in [-0.2, 0) is 13.2 Å². The summed E-state index contributed by atoms with van der Waals surface area (Å²) in [6.45, 7) is 4.49. The van der Waals surface area contributed by atoms with E-state index < -0.39 is 0 Å². The van der Waals surface area contributed by atoms with Crippen LogP contribution in [0.4, 0.5) is 4.39 Å². The van der Waals surface area contributed by atoms with E-state index >= 15 is 0 Å². The van der Waals surface area contributed by atoms with E-state index in [0.717, 1.165) is 36.9 Å². The molecular formula is C21H28Cl2FNO3. The van der Waals surface area contributed by atoms with Crippen molar-refractivity contribution in [3.8, 4) is 11.5 Å². The van der Waals surface area contributed by atoms with Gasteiger partial charge in [0.2, 0.25) is 0 Å². The number of nitrogens with one attached hydrogen (secondary N) is 1. The van der Waals surface area contributed by atoms with E-state index in [2.05, 4.69) is 5.32 Å². The Bertz CT molecular complexity index is 699. The molecule has 2 aromatic rings. The third kappa shape index (κ3) is 8.23. The quantitative estimate of drug-likeness (QED) is 0.457. The summed E-state index contributed by atoms with van der Waals surface area (Å²) in [6.07, 6.45) is 2.86. The van der Waals surface area contributed by atoms with Crippen molar-refractivity contribution in [3.05, 3.63) is 58.4 Å². The zero-order valence-corrected chi connectivity index (χ0v) is 17.6. The molecule has 0 saturated carbocycles. The van der Waals surface area contributed by atoms with Crippen LogP contribution in [0.5, 0.6) is 11.5 Å². The first-order valence-corrected chi connectivity index (χ1v) is 9.66. The Morgan fingerprint density at radius 2 is 1.79 bits per heavy atom. The highest BCUT2D eigenvalue weighted by Crippen LogP contribution is 2.37. The highest BCUT2D eigenvalue weighted by molar-refractivity contribution is 6.32. The lowest BCUT2D eigenvalue weighted by molar-refractivity contribution is 0.269. The summed E-state index contributed by atoms with van der Waals surface area (Å²) in [5.41, 5.74) is 1.86. The topological polar surface area (TPSA) is 50.7 Å². The molecule has 0 spiro atoms. The minimum atomic E-state index is -0.278. The van der Waals surface area contributed by atoms with E-state index in [9.17, 15) is 4.39 Å². The molecule has 4 nitrogen and oxygen atoms in total. The van der Waals surface area contributed by atoms with Crippen molar-refractivity contribution in [2.24, 2.45) is 0 Å². The van der Waals surface area contributed by atoms with Gasteiger partial charge in [-0.2, -0.15) is 0 Å². The van der Waals surface area contributed by atoms with Gasteiger partial charge in [-0.3, -0.25) is 0 Å². The third-order valence-corrected chi connectivity index (χ3v) is 4.29. The minimum Gasteiger partial charge on any atom is -0.490 e. The molecule has 0 amide bonds. The second-order valence-corrected chi connectivity index (χ2v) is 6.62. The Morgan fingerprint density at radius 3 is 2.46 bits per heavy atom. The molecule has 0 heterocycles. The summed E-state index contributed by atoms with van der Waals surface area (Å²) in [6, 6.07) is 9.95. The Kier molecular flexibility index (Phi) is 11.9. The summed E-state index contributed by atoms with van der Waals surface area (Å²) < 4.78 is 24.6. The minimum absolute atomic E-state index is 0. The SMILES string of the molecule is CCOc1cc(CNCCCCCO)cc(Cl)c1OCc1ccc(F)cc1.Cl. The van der Waals surface area contributed by atoms with E-state index in [1.165, 1.54) is 12.1 Å². The monoisotopic (exact) mass is 431 g/mol. The Labute approximate surface area is 177 Å². The van der Waals surface area contributed by atoms with Gasteiger partial charge in [0.25, 0.3) is 0 Å². The van der Waals surface area contributed by atoms with Crippen LogP contribution in [0.3, 0.4) is 0 Å². The van der Waals surface area contributed by atoms with E-state index in [4.69, 9.17) is 26.2 Å². The van der Waals surface area contributed by atoms with Gasteiger partial charge in [-0.25, -0.2) is 4.39 Å². The summed E-state index contributed by atoms with van der Waals surface area (Å²) in [4.78, 5) is 0. The van der Waals surface area contributed by atoms with Crippen LogP contribution in [0.25, 0.3) is 0 Å². The molecule has 28 heavy (non-hydrogen) atoms. The van der Waals surface area contributed by atoms with Crippen molar-refractivity contribution in [1.82, 2.24) is 5.32 Å². The zero-order chi connectivity index (χ0) is 19.5. The first-order valence-electron chi connectivity index (χ1n) is 9.28. The smallest absolute Gasteiger partial charge is 0.180 e. The first kappa shape index (κ1) is 24.5. The lowest BCUT2D eigenvalue weighted by Gasteiger charge is -2.16. The summed E-state index contributed by atoms with van der Waals surface area (Å²) in [5, 5.41) is 12.6. The first-order chi connectivity index (χ1) is 13.1. The maximum atomic E-state index is 13.0. The van der Waals surface area contributed by atoms with Crippen LogP contribution in [0.1, 0.15) is 37.3 Å². The molecular weight excluding hydrogens is 404 g/mol. The highest BCUT2D eigenvalue weighted by atomic mass is 35.5. The fourth-order valence-corrected chi connectivity index (χ4v) is 2.92. The second kappa shape index (κ2) is 13.6. The van der Waals surface area contributed by atoms with Gasteiger partial charge in [0.05, 0.1) is 11.6 Å². The van der Waals surface area contributed by atoms with Gasteiger partial charge in [-0.05, 0) is 68.1 Å². The van der Waals surface area contributed by atoms with Crippen molar-refractivity contribution < 1.29 is 19.0 Å². The lowest BCUT2D eigenvalue weighted by Crippen LogP contribution is -2.15. The molecule has 2 aromatic carbocycles. The van der Waals surface area contributed by atoms with Gasteiger partial charge >= 0.3 is 0 Å². The molecule has 0 aliphatic heterocycles. The average Bonchev–Trinajstić information content (AvgIpc) is 2.65. The lowest BCUT2D eigenvalue weighted by atomic mass is 10.2. The molecule has 0 unspecified atom stereocenters. The summed E-state index contributed by atoms with van der Waals surface area (Å²) in [7, 11) is 0. The molecule has 7 heteroatoms. The van der Waals surface area contributed by atoms with Crippen molar-refractivity contribution in [2.45, 2.75) is 39.3 Å². The third-order valence-electron chi connectivity index (χ3n) is 4.01. The molecule has 0 radical (unpaired) electrons. The van der Waals surface area contributed by atoms with E-state index in [1.54, 1.807) is 12.1 Å². The fraction of sp³-hybridized carbons (Fsp3) is 0.429. The second-order valence-electron chi connectivity index (χ2n) is 6.21. The molecule has 2 rings (SSSR count). The highest BCUT2D eigenvalue weighted by Gasteiger charge is 2.13. The number of unbranched alkanes of at least 4 members (excludes halogenated alkanes) is 2. The van der Waals surface area contributed by atoms with Crippen LogP contribution < -0.4 is 14.8 Å². The van der Waals surface area contributed by atoms with E-state index in [0.29, 0.717) is 29.7 Å². The number of rotatable bonds is 12. The van der Waals surface area contributed by atoms with Crippen LogP contribution in [0.2, 0.25) is 5.02 Å². The molecule has 0 aromatic heterocycles. The van der Waals surface area contributed by atoms with Crippen molar-refractivity contribution >= 4 is 24.0 Å². The van der Waals surface area contributed by atoms with Gasteiger partial charge in [0, 0.05) is 13.2 Å². The standard InChI is InChI=1S/C21H27ClFNO3.ClH/c1-2-26-20-13-17(14-24-10-4-3-5-11-25)12-19(22)21(20)27-15-16-6-8-18(23)9-7-16;/h6-9,12-13,24-25H,2-5,10-11,14-15H2,1H3;1H. The van der Waals surface area contributed by atoms with Crippen molar-refractivity contribution in [1.29, 1.82) is 0 Å². The van der Waals surface area contributed by atoms with Gasteiger partial charge in [0.1, 0.15) is 12.4 Å². The van der Waals surface area contributed by atoms with Crippen LogP contribution in [-0.4, -0.2) is 24.9 Å². The number of benzene rings is 2. The number of hydrogen-bond donors (Lipinski definition) is 2. The van der Waals surface area contributed by atoms with Crippen LogP contribution in [0, 0.1) is 5.82 Å². The number of aliphatic hydroxyl groups is 1. The fourth-order valence-electron chi connectivity index (χ4n) is 2.63. The Morgan fingerprint density at radius 1 is 1.04 bits per heavy atom. The van der Waals surface area contributed by atoms with Crippen molar-refractivity contribution in [3.63, 3.8) is 0 Å². The van der Waals surface area contributed by atoms with Crippen LogP contribution in [0.15, 0.2) is 36.4 Å². The molecule has 2 N–H and O–H groups in total. The number of aliphatic hydroxyl groups excluding tert-OH is 1.